The minimum absolute atomic E-state index is 0.155. The number of amides is 2. The largest absolute Gasteiger partial charge is 0.378 e. The lowest BCUT2D eigenvalue weighted by Gasteiger charge is -2.33. The molecule has 126 valence electrons. The van der Waals surface area contributed by atoms with E-state index in [0.29, 0.717) is 12.0 Å². The Labute approximate surface area is 140 Å². The molecule has 7 heteroatoms. The van der Waals surface area contributed by atoms with Crippen LogP contribution < -0.4 is 10.6 Å². The maximum Gasteiger partial charge on any atom is 0.319 e. The molecule has 2 aliphatic rings. The molecule has 2 N–H and O–H groups in total. The highest BCUT2D eigenvalue weighted by Gasteiger charge is 2.38. The van der Waals surface area contributed by atoms with Crippen molar-refractivity contribution in [1.29, 1.82) is 0 Å². The molecule has 2 fully saturated rings. The topological polar surface area (TPSA) is 81.1 Å². The summed E-state index contributed by atoms with van der Waals surface area (Å²) in [5.74, 6) is 0.456. The number of carbonyl (C=O) groups excluding carboxylic acids is 1. The van der Waals surface area contributed by atoms with Gasteiger partial charge in [-0.15, -0.1) is 0 Å². The molecule has 1 aliphatic heterocycles. The summed E-state index contributed by atoms with van der Waals surface area (Å²) in [6.45, 7) is 0.818. The second-order valence-electron chi connectivity index (χ2n) is 6.36. The van der Waals surface area contributed by atoms with E-state index in [9.17, 15) is 4.79 Å². The fourth-order valence-corrected chi connectivity index (χ4v) is 3.72. The lowest BCUT2D eigenvalue weighted by atomic mass is 9.82. The highest BCUT2D eigenvalue weighted by Crippen LogP contribution is 2.34. The van der Waals surface area contributed by atoms with Gasteiger partial charge >= 0.3 is 6.03 Å². The summed E-state index contributed by atoms with van der Waals surface area (Å²) in [7, 11) is 0. The van der Waals surface area contributed by atoms with E-state index in [1.165, 1.54) is 4.80 Å². The number of anilines is 1. The summed E-state index contributed by atoms with van der Waals surface area (Å²) in [6, 6.07) is 7.49. The highest BCUT2D eigenvalue weighted by atomic mass is 16.5. The third-order valence-electron chi connectivity index (χ3n) is 4.87. The average Bonchev–Trinajstić information content (AvgIpc) is 3.27. The quantitative estimate of drug-likeness (QED) is 0.907. The lowest BCUT2D eigenvalue weighted by molar-refractivity contribution is 0.0553. The van der Waals surface area contributed by atoms with Gasteiger partial charge in [-0.1, -0.05) is 0 Å². The molecule has 1 aromatic heterocycles. The monoisotopic (exact) mass is 327 g/mol. The van der Waals surface area contributed by atoms with E-state index >= 15 is 0 Å². The Bertz CT molecular complexity index is 686. The predicted molar refractivity (Wildman–Crippen MR) is 89.0 cm³/mol. The number of nitrogens with one attached hydrogen (secondary N) is 2. The Morgan fingerprint density at radius 1 is 1.12 bits per heavy atom. The second-order valence-corrected chi connectivity index (χ2v) is 6.36. The van der Waals surface area contributed by atoms with Crippen LogP contribution in [0.1, 0.15) is 25.7 Å². The van der Waals surface area contributed by atoms with Gasteiger partial charge in [0.15, 0.2) is 0 Å². The molecule has 0 bridgehead atoms. The third-order valence-corrected chi connectivity index (χ3v) is 4.87. The fraction of sp³-hybridized carbons (Fsp3) is 0.471. The summed E-state index contributed by atoms with van der Waals surface area (Å²) in [5, 5.41) is 14.2. The van der Waals surface area contributed by atoms with Gasteiger partial charge in [-0.3, -0.25) is 0 Å². The molecule has 7 nitrogen and oxygen atoms in total. The maximum absolute atomic E-state index is 12.3. The van der Waals surface area contributed by atoms with E-state index < -0.39 is 0 Å². The van der Waals surface area contributed by atoms with Crippen LogP contribution in [0.2, 0.25) is 0 Å². The summed E-state index contributed by atoms with van der Waals surface area (Å²) in [5.41, 5.74) is 1.60. The second kappa shape index (κ2) is 6.60. The predicted octanol–water partition coefficient (Wildman–Crippen LogP) is 2.35. The number of benzene rings is 1. The molecule has 0 unspecified atom stereocenters. The number of carbonyl (C=O) groups is 1. The van der Waals surface area contributed by atoms with Gasteiger partial charge in [0.25, 0.3) is 0 Å². The number of aromatic nitrogens is 3. The SMILES string of the molecule is O=C(Nc1ccc(-n2nccn2)cc1)N[C@@H]1CCC[C@H]2OCC[C@@H]12. The zero-order valence-electron chi connectivity index (χ0n) is 13.4. The standard InChI is InChI=1S/C17H21N5O2/c23-17(21-15-2-1-3-16-14(15)8-11-24-16)20-12-4-6-13(7-5-12)22-18-9-10-19-22/h4-7,9-10,14-16H,1-3,8,11H2,(H2,20,21,23)/t14-,15+,16+/m0/s1. The summed E-state index contributed by atoms with van der Waals surface area (Å²) >= 11 is 0. The van der Waals surface area contributed by atoms with Gasteiger partial charge in [0.2, 0.25) is 0 Å². The highest BCUT2D eigenvalue weighted by molar-refractivity contribution is 5.89. The summed E-state index contributed by atoms with van der Waals surface area (Å²) in [4.78, 5) is 13.8. The first kappa shape index (κ1) is 15.1. The first-order valence-corrected chi connectivity index (χ1v) is 8.45. The van der Waals surface area contributed by atoms with Crippen LogP contribution in [0.25, 0.3) is 5.69 Å². The van der Waals surface area contributed by atoms with Crippen LogP contribution in [0.15, 0.2) is 36.7 Å². The van der Waals surface area contributed by atoms with Crippen molar-refractivity contribution in [1.82, 2.24) is 20.3 Å². The average molecular weight is 327 g/mol. The molecule has 3 atom stereocenters. The van der Waals surface area contributed by atoms with Crippen LogP contribution in [0.3, 0.4) is 0 Å². The van der Waals surface area contributed by atoms with Crippen LogP contribution >= 0.6 is 0 Å². The zero-order chi connectivity index (χ0) is 16.4. The van der Waals surface area contributed by atoms with Crippen molar-refractivity contribution in [2.45, 2.75) is 37.8 Å². The molecule has 2 aromatic rings. The number of ether oxygens (including phenoxy) is 1. The van der Waals surface area contributed by atoms with E-state index in [1.807, 2.05) is 24.3 Å². The third kappa shape index (κ3) is 3.12. The molecule has 0 spiro atoms. The van der Waals surface area contributed by atoms with E-state index in [-0.39, 0.29) is 12.1 Å². The Morgan fingerprint density at radius 2 is 1.92 bits per heavy atom. The summed E-state index contributed by atoms with van der Waals surface area (Å²) < 4.78 is 5.75. The van der Waals surface area contributed by atoms with Gasteiger partial charge in [-0.25, -0.2) is 4.79 Å². The smallest absolute Gasteiger partial charge is 0.319 e. The molecule has 4 rings (SSSR count). The van der Waals surface area contributed by atoms with Crippen LogP contribution in [-0.2, 0) is 4.74 Å². The van der Waals surface area contributed by atoms with Gasteiger partial charge in [0.05, 0.1) is 24.2 Å². The van der Waals surface area contributed by atoms with E-state index in [0.717, 1.165) is 43.7 Å². The molecular weight excluding hydrogens is 306 g/mol. The van der Waals surface area contributed by atoms with Gasteiger partial charge in [-0.2, -0.15) is 15.0 Å². The molecular formula is C17H21N5O2. The van der Waals surface area contributed by atoms with Gasteiger partial charge < -0.3 is 15.4 Å². The van der Waals surface area contributed by atoms with Crippen molar-refractivity contribution in [3.05, 3.63) is 36.7 Å². The normalized spacial score (nSPS) is 25.9. The first-order valence-electron chi connectivity index (χ1n) is 8.45. The maximum atomic E-state index is 12.3. The zero-order valence-corrected chi connectivity index (χ0v) is 13.4. The number of nitrogens with zero attached hydrogens (tertiary/aromatic N) is 3. The fourth-order valence-electron chi connectivity index (χ4n) is 3.72. The number of hydrogen-bond donors (Lipinski definition) is 2. The molecule has 1 aromatic carbocycles. The number of hydrogen-bond acceptors (Lipinski definition) is 4. The van der Waals surface area contributed by atoms with E-state index in [4.69, 9.17) is 4.74 Å². The van der Waals surface area contributed by atoms with Crippen LogP contribution in [-0.4, -0.2) is 39.8 Å². The minimum Gasteiger partial charge on any atom is -0.378 e. The van der Waals surface area contributed by atoms with Crippen LogP contribution in [0.4, 0.5) is 10.5 Å². The molecule has 1 saturated carbocycles. The van der Waals surface area contributed by atoms with Crippen molar-refractivity contribution in [2.24, 2.45) is 5.92 Å². The van der Waals surface area contributed by atoms with Crippen LogP contribution in [0.5, 0.6) is 0 Å². The van der Waals surface area contributed by atoms with Crippen molar-refractivity contribution in [3.8, 4) is 5.69 Å². The molecule has 1 aliphatic carbocycles. The molecule has 1 saturated heterocycles. The van der Waals surface area contributed by atoms with Crippen LogP contribution in [0, 0.1) is 5.92 Å². The van der Waals surface area contributed by atoms with Crippen molar-refractivity contribution >= 4 is 11.7 Å². The van der Waals surface area contributed by atoms with E-state index in [1.54, 1.807) is 12.4 Å². The lowest BCUT2D eigenvalue weighted by Crippen LogP contribution is -2.47. The molecule has 0 radical (unpaired) electrons. The minimum atomic E-state index is -0.155. The van der Waals surface area contributed by atoms with Crippen molar-refractivity contribution in [3.63, 3.8) is 0 Å². The van der Waals surface area contributed by atoms with Crippen molar-refractivity contribution in [2.75, 3.05) is 11.9 Å². The first-order chi connectivity index (χ1) is 11.8. The van der Waals surface area contributed by atoms with Gasteiger partial charge in [0, 0.05) is 24.3 Å². The molecule has 2 heterocycles. The Hall–Kier alpha value is -2.41. The number of urea groups is 1. The van der Waals surface area contributed by atoms with Gasteiger partial charge in [0.1, 0.15) is 0 Å². The molecule has 2 amide bonds. The Kier molecular flexibility index (Phi) is 4.17. The molecule has 24 heavy (non-hydrogen) atoms. The van der Waals surface area contributed by atoms with Gasteiger partial charge in [-0.05, 0) is 49.9 Å². The van der Waals surface area contributed by atoms with Crippen molar-refractivity contribution < 1.29 is 9.53 Å². The Balaban J connectivity index is 1.36. The number of fused-ring (bicyclic) bond motifs is 1. The number of rotatable bonds is 3. The summed E-state index contributed by atoms with van der Waals surface area (Å²) in [6.07, 6.45) is 7.88. The van der Waals surface area contributed by atoms with E-state index in [2.05, 4.69) is 20.8 Å². The Morgan fingerprint density at radius 3 is 2.71 bits per heavy atom.